The molecule has 0 spiro atoms. The molecule has 1 saturated heterocycles. The molecule has 1 N–H and O–H groups in total. The Hall–Kier alpha value is -1.13. The van der Waals surface area contributed by atoms with Crippen LogP contribution in [0.15, 0.2) is 18.3 Å². The molecule has 1 aliphatic heterocycles. The van der Waals surface area contributed by atoms with Crippen LogP contribution in [0.2, 0.25) is 0 Å². The Bertz CT molecular complexity index is 375. The summed E-state index contributed by atoms with van der Waals surface area (Å²) in [4.78, 5) is 9.00. The molecule has 18 heavy (non-hydrogen) atoms. The van der Waals surface area contributed by atoms with Gasteiger partial charge in [-0.1, -0.05) is 0 Å². The number of hydrogen-bond acceptors (Lipinski definition) is 4. The fourth-order valence-corrected chi connectivity index (χ4v) is 2.44. The second-order valence-electron chi connectivity index (χ2n) is 5.32. The highest BCUT2D eigenvalue weighted by Crippen LogP contribution is 2.22. The van der Waals surface area contributed by atoms with Crippen LogP contribution >= 0.6 is 0 Å². The first-order valence-corrected chi connectivity index (χ1v) is 6.63. The van der Waals surface area contributed by atoms with E-state index in [2.05, 4.69) is 34.9 Å². The number of hydrogen-bond donors (Lipinski definition) is 1. The third-order valence-electron chi connectivity index (χ3n) is 3.69. The van der Waals surface area contributed by atoms with Crippen molar-refractivity contribution in [3.63, 3.8) is 0 Å². The summed E-state index contributed by atoms with van der Waals surface area (Å²) in [5.41, 5.74) is 1.89. The monoisotopic (exact) mass is 249 g/mol. The van der Waals surface area contributed by atoms with Crippen LogP contribution in [0.5, 0.6) is 0 Å². The lowest BCUT2D eigenvalue weighted by Gasteiger charge is -2.37. The van der Waals surface area contributed by atoms with Crippen molar-refractivity contribution < 1.29 is 5.11 Å². The van der Waals surface area contributed by atoms with Crippen LogP contribution in [0, 0.1) is 0 Å². The molecule has 1 aromatic rings. The fraction of sp³-hybridized carbons (Fsp3) is 0.643. The Balaban J connectivity index is 2.06. The zero-order valence-corrected chi connectivity index (χ0v) is 11.5. The molecule has 0 radical (unpaired) electrons. The van der Waals surface area contributed by atoms with Crippen LogP contribution in [-0.4, -0.2) is 48.2 Å². The molecule has 4 nitrogen and oxygen atoms in total. The Morgan fingerprint density at radius 3 is 2.78 bits per heavy atom. The van der Waals surface area contributed by atoms with Gasteiger partial charge in [0.15, 0.2) is 0 Å². The molecule has 2 rings (SSSR count). The second-order valence-corrected chi connectivity index (χ2v) is 5.32. The molecule has 1 aliphatic rings. The van der Waals surface area contributed by atoms with Gasteiger partial charge in [-0.3, -0.25) is 4.98 Å². The van der Waals surface area contributed by atoms with Gasteiger partial charge in [0, 0.05) is 19.1 Å². The van der Waals surface area contributed by atoms with Crippen molar-refractivity contribution in [2.24, 2.45) is 0 Å². The Kier molecular flexibility index (Phi) is 4.19. The molecule has 2 heterocycles. The van der Waals surface area contributed by atoms with Gasteiger partial charge in [0.05, 0.1) is 23.7 Å². The van der Waals surface area contributed by atoms with E-state index in [4.69, 9.17) is 0 Å². The standard InChI is InChI=1S/C14H23N3O/c1-11(18)14-7-6-12(9-15-14)17-8-4-5-13(10-17)16(2)3/h6-7,9,11,13,18H,4-5,8,10H2,1-3H3/t11-,13?/m1/s1. The maximum atomic E-state index is 9.46. The molecule has 100 valence electrons. The number of aliphatic hydroxyl groups excluding tert-OH is 1. The summed E-state index contributed by atoms with van der Waals surface area (Å²) in [5.74, 6) is 0. The summed E-state index contributed by atoms with van der Waals surface area (Å²) in [6.07, 6.45) is 3.87. The van der Waals surface area contributed by atoms with Crippen molar-refractivity contribution in [3.8, 4) is 0 Å². The molecular formula is C14H23N3O. The van der Waals surface area contributed by atoms with Crippen LogP contribution in [0.3, 0.4) is 0 Å². The zero-order chi connectivity index (χ0) is 13.1. The van der Waals surface area contributed by atoms with Crippen LogP contribution in [-0.2, 0) is 0 Å². The summed E-state index contributed by atoms with van der Waals surface area (Å²) in [6.45, 7) is 3.90. The molecule has 0 bridgehead atoms. The van der Waals surface area contributed by atoms with E-state index in [-0.39, 0.29) is 0 Å². The van der Waals surface area contributed by atoms with E-state index in [1.54, 1.807) is 6.92 Å². The van der Waals surface area contributed by atoms with Crippen LogP contribution in [0.1, 0.15) is 31.6 Å². The summed E-state index contributed by atoms with van der Waals surface area (Å²) >= 11 is 0. The van der Waals surface area contributed by atoms with Gasteiger partial charge in [-0.05, 0) is 46.0 Å². The minimum absolute atomic E-state index is 0.491. The minimum atomic E-state index is -0.491. The van der Waals surface area contributed by atoms with Gasteiger partial charge >= 0.3 is 0 Å². The molecule has 0 aliphatic carbocycles. The van der Waals surface area contributed by atoms with Gasteiger partial charge in [0.2, 0.25) is 0 Å². The van der Waals surface area contributed by atoms with Crippen LogP contribution < -0.4 is 4.90 Å². The molecule has 2 atom stereocenters. The molecule has 0 saturated carbocycles. The maximum absolute atomic E-state index is 9.46. The number of aromatic nitrogens is 1. The highest BCUT2D eigenvalue weighted by atomic mass is 16.3. The molecule has 4 heteroatoms. The molecule has 0 aromatic carbocycles. The van der Waals surface area contributed by atoms with Gasteiger partial charge in [-0.15, -0.1) is 0 Å². The predicted molar refractivity (Wildman–Crippen MR) is 73.8 cm³/mol. The Labute approximate surface area is 109 Å². The van der Waals surface area contributed by atoms with Gasteiger partial charge in [0.1, 0.15) is 0 Å². The average Bonchev–Trinajstić information content (AvgIpc) is 2.39. The topological polar surface area (TPSA) is 39.6 Å². The molecule has 1 unspecified atom stereocenters. The molecule has 1 aromatic heterocycles. The van der Waals surface area contributed by atoms with Gasteiger partial charge in [-0.25, -0.2) is 0 Å². The first kappa shape index (κ1) is 13.3. The van der Waals surface area contributed by atoms with Crippen molar-refractivity contribution in [2.75, 3.05) is 32.1 Å². The van der Waals surface area contributed by atoms with Gasteiger partial charge in [0.25, 0.3) is 0 Å². The first-order chi connectivity index (χ1) is 8.58. The highest BCUT2D eigenvalue weighted by Gasteiger charge is 2.21. The van der Waals surface area contributed by atoms with E-state index in [9.17, 15) is 5.11 Å². The SMILES string of the molecule is C[C@@H](O)c1ccc(N2CCCC(N(C)C)C2)cn1. The lowest BCUT2D eigenvalue weighted by atomic mass is 10.0. The average molecular weight is 249 g/mol. The van der Waals surface area contributed by atoms with Crippen molar-refractivity contribution in [1.29, 1.82) is 0 Å². The molecule has 0 amide bonds. The first-order valence-electron chi connectivity index (χ1n) is 6.63. The lowest BCUT2D eigenvalue weighted by Crippen LogP contribution is -2.45. The van der Waals surface area contributed by atoms with Gasteiger partial charge in [-0.2, -0.15) is 0 Å². The Morgan fingerprint density at radius 2 is 2.22 bits per heavy atom. The number of aliphatic hydroxyl groups is 1. The number of piperidine rings is 1. The van der Waals surface area contributed by atoms with E-state index < -0.39 is 6.10 Å². The van der Waals surface area contributed by atoms with Crippen LogP contribution in [0.25, 0.3) is 0 Å². The highest BCUT2D eigenvalue weighted by molar-refractivity contribution is 5.45. The summed E-state index contributed by atoms with van der Waals surface area (Å²) < 4.78 is 0. The number of anilines is 1. The van der Waals surface area contributed by atoms with Crippen molar-refractivity contribution in [3.05, 3.63) is 24.0 Å². The molecule has 1 fully saturated rings. The quantitative estimate of drug-likeness (QED) is 0.884. The zero-order valence-electron chi connectivity index (χ0n) is 11.5. The number of likely N-dealkylation sites (N-methyl/N-ethyl adjacent to an activating group) is 1. The normalized spacial score (nSPS) is 22.3. The smallest absolute Gasteiger partial charge is 0.0931 e. The molecular weight excluding hydrogens is 226 g/mol. The van der Waals surface area contributed by atoms with Crippen molar-refractivity contribution >= 4 is 5.69 Å². The minimum Gasteiger partial charge on any atom is -0.387 e. The predicted octanol–water partition coefficient (Wildman–Crippen LogP) is 1.67. The largest absolute Gasteiger partial charge is 0.387 e. The summed E-state index contributed by atoms with van der Waals surface area (Å²) in [6, 6.07) is 4.60. The fourth-order valence-electron chi connectivity index (χ4n) is 2.44. The van der Waals surface area contributed by atoms with Gasteiger partial charge < -0.3 is 14.9 Å². The van der Waals surface area contributed by atoms with E-state index >= 15 is 0 Å². The van der Waals surface area contributed by atoms with Crippen LogP contribution in [0.4, 0.5) is 5.69 Å². The van der Waals surface area contributed by atoms with Crippen molar-refractivity contribution in [1.82, 2.24) is 9.88 Å². The Morgan fingerprint density at radius 1 is 1.44 bits per heavy atom. The van der Waals surface area contributed by atoms with E-state index in [0.29, 0.717) is 6.04 Å². The second kappa shape index (κ2) is 5.67. The lowest BCUT2D eigenvalue weighted by molar-refractivity contribution is 0.194. The third-order valence-corrected chi connectivity index (χ3v) is 3.69. The van der Waals surface area contributed by atoms with E-state index in [1.165, 1.54) is 12.8 Å². The summed E-state index contributed by atoms with van der Waals surface area (Å²) in [5, 5.41) is 9.46. The maximum Gasteiger partial charge on any atom is 0.0931 e. The van der Waals surface area contributed by atoms with Crippen molar-refractivity contribution in [2.45, 2.75) is 31.9 Å². The number of nitrogens with zero attached hydrogens (tertiary/aromatic N) is 3. The number of rotatable bonds is 3. The van der Waals surface area contributed by atoms with E-state index in [1.807, 2.05) is 12.3 Å². The third kappa shape index (κ3) is 3.00. The summed E-state index contributed by atoms with van der Waals surface area (Å²) in [7, 11) is 4.28. The van der Waals surface area contributed by atoms with E-state index in [0.717, 1.165) is 24.5 Å². The number of pyridine rings is 1.